The first-order valence-electron chi connectivity index (χ1n) is 10.7. The van der Waals surface area contributed by atoms with Crippen LogP contribution in [0, 0.1) is 10.1 Å². The van der Waals surface area contributed by atoms with Crippen LogP contribution in [0.15, 0.2) is 77.3 Å². The lowest BCUT2D eigenvalue weighted by Gasteiger charge is -2.28. The van der Waals surface area contributed by atoms with Crippen molar-refractivity contribution in [2.75, 3.05) is 11.4 Å². The number of anilines is 1. The van der Waals surface area contributed by atoms with E-state index in [2.05, 4.69) is 15.9 Å². The first kappa shape index (κ1) is 24.6. The van der Waals surface area contributed by atoms with E-state index in [0.29, 0.717) is 17.1 Å². The minimum absolute atomic E-state index is 0.147. The largest absolute Gasteiger partial charge is 0.326 e. The molecule has 10 heteroatoms. The molecule has 0 saturated carbocycles. The van der Waals surface area contributed by atoms with Crippen LogP contribution < -0.4 is 4.90 Å². The SMILES string of the molecule is O=C1CC(N(CCc2cccc(Cl)c2)C(=O)c2ccc([N+](=O)[O-])cc2)C(=O)N1c1ccc(Br)cc1. The summed E-state index contributed by atoms with van der Waals surface area (Å²) in [6, 6.07) is 18.1. The van der Waals surface area contributed by atoms with Gasteiger partial charge in [0.1, 0.15) is 6.04 Å². The first-order chi connectivity index (χ1) is 16.7. The highest BCUT2D eigenvalue weighted by atomic mass is 79.9. The van der Waals surface area contributed by atoms with Crippen LogP contribution in [0.5, 0.6) is 0 Å². The number of nitrogens with zero attached hydrogens (tertiary/aromatic N) is 3. The zero-order valence-corrected chi connectivity index (χ0v) is 20.6. The second-order valence-electron chi connectivity index (χ2n) is 7.95. The van der Waals surface area contributed by atoms with E-state index in [0.717, 1.165) is 14.9 Å². The summed E-state index contributed by atoms with van der Waals surface area (Å²) in [6.45, 7) is 0.147. The zero-order valence-electron chi connectivity index (χ0n) is 18.3. The summed E-state index contributed by atoms with van der Waals surface area (Å²) in [5, 5.41) is 11.5. The Labute approximate surface area is 214 Å². The molecule has 0 bridgehead atoms. The maximum absolute atomic E-state index is 13.5. The molecule has 0 aliphatic carbocycles. The third-order valence-electron chi connectivity index (χ3n) is 5.70. The minimum atomic E-state index is -1.01. The summed E-state index contributed by atoms with van der Waals surface area (Å²) < 4.78 is 0.799. The number of nitro benzene ring substituents is 1. The van der Waals surface area contributed by atoms with Gasteiger partial charge < -0.3 is 4.90 Å². The molecule has 0 aromatic heterocycles. The van der Waals surface area contributed by atoms with E-state index in [-0.39, 0.29) is 24.2 Å². The summed E-state index contributed by atoms with van der Waals surface area (Å²) in [5.41, 5.74) is 1.31. The number of amides is 3. The molecule has 35 heavy (non-hydrogen) atoms. The maximum atomic E-state index is 13.5. The molecule has 3 aromatic rings. The Morgan fingerprint density at radius 3 is 2.40 bits per heavy atom. The number of benzene rings is 3. The second kappa shape index (κ2) is 10.4. The lowest BCUT2D eigenvalue weighted by Crippen LogP contribution is -2.46. The number of halogens is 2. The molecule has 0 N–H and O–H groups in total. The van der Waals surface area contributed by atoms with Crippen LogP contribution in [0.2, 0.25) is 5.02 Å². The highest BCUT2D eigenvalue weighted by Crippen LogP contribution is 2.28. The van der Waals surface area contributed by atoms with E-state index in [1.54, 1.807) is 42.5 Å². The van der Waals surface area contributed by atoms with Crippen molar-refractivity contribution < 1.29 is 19.3 Å². The Morgan fingerprint density at radius 1 is 1.09 bits per heavy atom. The Morgan fingerprint density at radius 2 is 1.77 bits per heavy atom. The van der Waals surface area contributed by atoms with E-state index in [1.165, 1.54) is 29.2 Å². The van der Waals surface area contributed by atoms with Crippen LogP contribution in [0.25, 0.3) is 0 Å². The lowest BCUT2D eigenvalue weighted by molar-refractivity contribution is -0.384. The van der Waals surface area contributed by atoms with Crippen LogP contribution in [0.4, 0.5) is 11.4 Å². The second-order valence-corrected chi connectivity index (χ2v) is 9.30. The average Bonchev–Trinajstić information content (AvgIpc) is 3.13. The van der Waals surface area contributed by atoms with Gasteiger partial charge in [0.2, 0.25) is 5.91 Å². The molecule has 0 radical (unpaired) electrons. The van der Waals surface area contributed by atoms with Gasteiger partial charge in [0, 0.05) is 33.7 Å². The predicted molar refractivity (Wildman–Crippen MR) is 134 cm³/mol. The first-order valence-corrected chi connectivity index (χ1v) is 11.8. The monoisotopic (exact) mass is 555 g/mol. The molecule has 1 unspecified atom stereocenters. The van der Waals surface area contributed by atoms with Gasteiger partial charge in [-0.15, -0.1) is 0 Å². The number of rotatable bonds is 7. The van der Waals surface area contributed by atoms with Crippen molar-refractivity contribution in [1.82, 2.24) is 4.90 Å². The van der Waals surface area contributed by atoms with Gasteiger partial charge in [-0.05, 0) is 60.5 Å². The number of hydrogen-bond acceptors (Lipinski definition) is 5. The van der Waals surface area contributed by atoms with E-state index >= 15 is 0 Å². The van der Waals surface area contributed by atoms with Gasteiger partial charge in [0.25, 0.3) is 17.5 Å². The van der Waals surface area contributed by atoms with Gasteiger partial charge in [0.15, 0.2) is 0 Å². The minimum Gasteiger partial charge on any atom is -0.326 e. The summed E-state index contributed by atoms with van der Waals surface area (Å²) in [5.74, 6) is -1.41. The highest BCUT2D eigenvalue weighted by molar-refractivity contribution is 9.10. The topological polar surface area (TPSA) is 101 Å². The van der Waals surface area contributed by atoms with Gasteiger partial charge in [-0.2, -0.15) is 0 Å². The third kappa shape index (κ3) is 5.41. The number of non-ortho nitro benzene ring substituents is 1. The Bertz CT molecular complexity index is 1300. The number of carbonyl (C=O) groups is 3. The van der Waals surface area contributed by atoms with E-state index < -0.39 is 28.7 Å². The zero-order chi connectivity index (χ0) is 25.1. The van der Waals surface area contributed by atoms with Crippen molar-refractivity contribution in [3.63, 3.8) is 0 Å². The molecule has 1 aliphatic heterocycles. The normalized spacial score (nSPS) is 15.4. The Balaban J connectivity index is 1.64. The molecule has 1 saturated heterocycles. The summed E-state index contributed by atoms with van der Waals surface area (Å²) >= 11 is 9.42. The number of carbonyl (C=O) groups excluding carboxylic acids is 3. The van der Waals surface area contributed by atoms with Crippen LogP contribution in [0.3, 0.4) is 0 Å². The van der Waals surface area contributed by atoms with Gasteiger partial charge in [-0.25, -0.2) is 4.90 Å². The van der Waals surface area contributed by atoms with Gasteiger partial charge >= 0.3 is 0 Å². The number of hydrogen-bond donors (Lipinski definition) is 0. The fraction of sp³-hybridized carbons (Fsp3) is 0.160. The molecule has 3 amide bonds. The van der Waals surface area contributed by atoms with E-state index in [9.17, 15) is 24.5 Å². The van der Waals surface area contributed by atoms with Crippen LogP contribution in [-0.4, -0.2) is 40.1 Å². The molecule has 178 valence electrons. The number of nitro groups is 1. The summed E-state index contributed by atoms with van der Waals surface area (Å²) in [6.07, 6.45) is 0.235. The molecule has 4 rings (SSSR count). The van der Waals surface area contributed by atoms with Crippen molar-refractivity contribution in [3.8, 4) is 0 Å². The molecule has 0 spiro atoms. The standard InChI is InChI=1S/C25H19BrClN3O5/c26-18-6-10-20(11-7-18)29-23(31)15-22(25(29)33)28(13-12-16-2-1-3-19(27)14-16)24(32)17-4-8-21(9-5-17)30(34)35/h1-11,14,22H,12-13,15H2. The molecular weight excluding hydrogens is 538 g/mol. The van der Waals surface area contributed by atoms with Crippen molar-refractivity contribution >= 4 is 56.6 Å². The van der Waals surface area contributed by atoms with Gasteiger partial charge in [-0.3, -0.25) is 24.5 Å². The maximum Gasteiger partial charge on any atom is 0.269 e. The van der Waals surface area contributed by atoms with E-state index in [1.807, 2.05) is 6.07 Å². The molecule has 1 atom stereocenters. The average molecular weight is 557 g/mol. The van der Waals surface area contributed by atoms with Crippen LogP contribution in [0.1, 0.15) is 22.3 Å². The van der Waals surface area contributed by atoms with E-state index in [4.69, 9.17) is 11.6 Å². The summed E-state index contributed by atoms with van der Waals surface area (Å²) in [4.78, 5) is 52.6. The van der Waals surface area contributed by atoms with Gasteiger partial charge in [0.05, 0.1) is 17.0 Å². The molecule has 1 aliphatic rings. The number of imide groups is 1. The predicted octanol–water partition coefficient (Wildman–Crippen LogP) is 5.03. The fourth-order valence-corrected chi connectivity index (χ4v) is 4.43. The third-order valence-corrected chi connectivity index (χ3v) is 6.46. The molecule has 1 fully saturated rings. The lowest BCUT2D eigenvalue weighted by atomic mass is 10.1. The van der Waals surface area contributed by atoms with Crippen molar-refractivity contribution in [1.29, 1.82) is 0 Å². The summed E-state index contributed by atoms with van der Waals surface area (Å²) in [7, 11) is 0. The Hall–Kier alpha value is -3.56. The van der Waals surface area contributed by atoms with Crippen LogP contribution in [-0.2, 0) is 16.0 Å². The quantitative estimate of drug-likeness (QED) is 0.231. The highest BCUT2D eigenvalue weighted by Gasteiger charge is 2.44. The molecular formula is C25H19BrClN3O5. The Kier molecular flexibility index (Phi) is 7.28. The van der Waals surface area contributed by atoms with Crippen molar-refractivity contribution in [3.05, 3.63) is 104 Å². The van der Waals surface area contributed by atoms with Crippen molar-refractivity contribution in [2.45, 2.75) is 18.9 Å². The fourth-order valence-electron chi connectivity index (χ4n) is 3.95. The molecule has 8 nitrogen and oxygen atoms in total. The van der Waals surface area contributed by atoms with Gasteiger partial charge in [-0.1, -0.05) is 39.7 Å². The molecule has 3 aromatic carbocycles. The van der Waals surface area contributed by atoms with Crippen molar-refractivity contribution in [2.24, 2.45) is 0 Å². The van der Waals surface area contributed by atoms with Crippen LogP contribution >= 0.6 is 27.5 Å². The smallest absolute Gasteiger partial charge is 0.269 e. The molecule has 1 heterocycles.